The van der Waals surface area contributed by atoms with Crippen LogP contribution in [0.5, 0.6) is 11.5 Å². The number of methoxy groups -OCH3 is 2. The predicted octanol–water partition coefficient (Wildman–Crippen LogP) is 2.95. The van der Waals surface area contributed by atoms with Crippen molar-refractivity contribution in [2.75, 3.05) is 27.3 Å². The molecule has 0 spiro atoms. The first kappa shape index (κ1) is 20.5. The van der Waals surface area contributed by atoms with E-state index in [1.165, 1.54) is 4.90 Å². The molecule has 0 bridgehead atoms. The molecule has 2 aromatic carbocycles. The minimum Gasteiger partial charge on any atom is -0.497 e. The summed E-state index contributed by atoms with van der Waals surface area (Å²) in [6, 6.07) is 13.6. The highest BCUT2D eigenvalue weighted by Crippen LogP contribution is 2.31. The van der Waals surface area contributed by atoms with Gasteiger partial charge in [0.25, 0.3) is 5.91 Å². The van der Waals surface area contributed by atoms with Crippen molar-refractivity contribution in [3.63, 3.8) is 0 Å². The summed E-state index contributed by atoms with van der Waals surface area (Å²) in [5.74, 6) is 1.70. The lowest BCUT2D eigenvalue weighted by Crippen LogP contribution is -3.11. The van der Waals surface area contributed by atoms with Gasteiger partial charge in [-0.15, -0.1) is 0 Å². The molecule has 1 aliphatic heterocycles. The number of carbonyl (C=O) groups excluding carboxylic acids is 1. The zero-order valence-electron chi connectivity index (χ0n) is 16.6. The highest BCUT2D eigenvalue weighted by molar-refractivity contribution is 6.30. The quantitative estimate of drug-likeness (QED) is 0.747. The molecule has 0 radical (unpaired) electrons. The van der Waals surface area contributed by atoms with Crippen LogP contribution in [0, 0.1) is 0 Å². The fourth-order valence-corrected chi connectivity index (χ4v) is 4.07. The van der Waals surface area contributed by atoms with Crippen LogP contribution in [0.3, 0.4) is 0 Å². The Morgan fingerprint density at radius 1 is 1.21 bits per heavy atom. The number of quaternary nitrogens is 1. The second-order valence-corrected chi connectivity index (χ2v) is 7.66. The van der Waals surface area contributed by atoms with E-state index in [4.69, 9.17) is 21.1 Å². The molecule has 2 aromatic rings. The summed E-state index contributed by atoms with van der Waals surface area (Å²) in [4.78, 5) is 13.9. The van der Waals surface area contributed by atoms with Gasteiger partial charge in [0, 0.05) is 17.9 Å². The van der Waals surface area contributed by atoms with Gasteiger partial charge in [-0.3, -0.25) is 4.79 Å². The molecule has 150 valence electrons. The minimum atomic E-state index is -0.0587. The van der Waals surface area contributed by atoms with Crippen molar-refractivity contribution in [3.8, 4) is 11.5 Å². The van der Waals surface area contributed by atoms with Crippen molar-refractivity contribution >= 4 is 17.5 Å². The Morgan fingerprint density at radius 3 is 2.64 bits per heavy atom. The van der Waals surface area contributed by atoms with E-state index in [9.17, 15) is 4.79 Å². The summed E-state index contributed by atoms with van der Waals surface area (Å²) < 4.78 is 10.9. The van der Waals surface area contributed by atoms with Gasteiger partial charge in [-0.05, 0) is 42.8 Å². The minimum absolute atomic E-state index is 0.0474. The molecule has 1 amide bonds. The van der Waals surface area contributed by atoms with Gasteiger partial charge in [0.2, 0.25) is 0 Å². The lowest BCUT2D eigenvalue weighted by atomic mass is 10.0. The van der Waals surface area contributed by atoms with Crippen molar-refractivity contribution in [2.45, 2.75) is 31.8 Å². The summed E-state index contributed by atoms with van der Waals surface area (Å²) in [6.45, 7) is 3.39. The number of carbonyl (C=O) groups is 1. The second-order valence-electron chi connectivity index (χ2n) is 7.23. The molecule has 1 unspecified atom stereocenters. The molecule has 5 nitrogen and oxygen atoms in total. The number of amides is 1. The van der Waals surface area contributed by atoms with Gasteiger partial charge in [0.15, 0.2) is 6.54 Å². The second kappa shape index (κ2) is 9.30. The SMILES string of the molecule is COc1ccc(OC)c([C@H]2CCC[NH+]2CC(=O)N[C@@H](C)c2ccc(Cl)cc2)c1. The fourth-order valence-electron chi connectivity index (χ4n) is 3.94. The van der Waals surface area contributed by atoms with E-state index < -0.39 is 0 Å². The van der Waals surface area contributed by atoms with Crippen LogP contribution in [0.25, 0.3) is 0 Å². The van der Waals surface area contributed by atoms with Gasteiger partial charge in [-0.25, -0.2) is 0 Å². The Bertz CT molecular complexity index is 810. The first-order valence-corrected chi connectivity index (χ1v) is 10.0. The van der Waals surface area contributed by atoms with Crippen LogP contribution in [-0.2, 0) is 4.79 Å². The van der Waals surface area contributed by atoms with Gasteiger partial charge in [-0.1, -0.05) is 23.7 Å². The van der Waals surface area contributed by atoms with Gasteiger partial charge in [0.05, 0.1) is 32.4 Å². The summed E-state index contributed by atoms with van der Waals surface area (Å²) in [6.07, 6.45) is 2.11. The fraction of sp³-hybridized carbons (Fsp3) is 0.409. The van der Waals surface area contributed by atoms with E-state index in [2.05, 4.69) is 5.32 Å². The summed E-state index contributed by atoms with van der Waals surface area (Å²) in [5, 5.41) is 3.80. The normalized spacial score (nSPS) is 19.9. The van der Waals surface area contributed by atoms with Crippen LogP contribution in [0.4, 0.5) is 0 Å². The van der Waals surface area contributed by atoms with Crippen LogP contribution in [0.2, 0.25) is 5.02 Å². The molecular weight excluding hydrogens is 376 g/mol. The first-order valence-electron chi connectivity index (χ1n) is 9.63. The zero-order chi connectivity index (χ0) is 20.1. The largest absolute Gasteiger partial charge is 0.497 e. The summed E-state index contributed by atoms with van der Waals surface area (Å²) in [7, 11) is 3.34. The Balaban J connectivity index is 1.68. The molecule has 2 N–H and O–H groups in total. The van der Waals surface area contributed by atoms with Crippen molar-refractivity contribution in [1.82, 2.24) is 5.32 Å². The maximum Gasteiger partial charge on any atom is 0.275 e. The third kappa shape index (κ3) is 4.78. The van der Waals surface area contributed by atoms with Crippen LogP contribution in [-0.4, -0.2) is 33.2 Å². The number of nitrogens with one attached hydrogen (secondary N) is 2. The maximum atomic E-state index is 12.7. The topological polar surface area (TPSA) is 52.0 Å². The number of hydrogen-bond donors (Lipinski definition) is 2. The van der Waals surface area contributed by atoms with E-state index in [1.807, 2.05) is 49.4 Å². The first-order chi connectivity index (χ1) is 13.5. The molecular formula is C22H28ClN2O3+. The van der Waals surface area contributed by atoms with Crippen LogP contribution >= 0.6 is 11.6 Å². The number of ether oxygens (including phenoxy) is 2. The monoisotopic (exact) mass is 403 g/mol. The Kier molecular flexibility index (Phi) is 6.81. The summed E-state index contributed by atoms with van der Waals surface area (Å²) >= 11 is 5.95. The van der Waals surface area contributed by atoms with Gasteiger partial charge < -0.3 is 19.7 Å². The lowest BCUT2D eigenvalue weighted by molar-refractivity contribution is -0.910. The van der Waals surface area contributed by atoms with Crippen molar-refractivity contribution in [2.24, 2.45) is 0 Å². The van der Waals surface area contributed by atoms with E-state index >= 15 is 0 Å². The van der Waals surface area contributed by atoms with E-state index in [1.54, 1.807) is 14.2 Å². The van der Waals surface area contributed by atoms with Crippen molar-refractivity contribution in [3.05, 3.63) is 58.6 Å². The van der Waals surface area contributed by atoms with E-state index in [0.29, 0.717) is 11.6 Å². The molecule has 1 aliphatic rings. The molecule has 0 aromatic heterocycles. The molecule has 6 heteroatoms. The lowest BCUT2D eigenvalue weighted by Gasteiger charge is -2.24. The Morgan fingerprint density at radius 2 is 1.96 bits per heavy atom. The average Bonchev–Trinajstić information content (AvgIpc) is 3.15. The number of benzene rings is 2. The molecule has 3 atom stereocenters. The van der Waals surface area contributed by atoms with Crippen molar-refractivity contribution < 1.29 is 19.2 Å². The predicted molar refractivity (Wildman–Crippen MR) is 110 cm³/mol. The van der Waals surface area contributed by atoms with Crippen LogP contribution in [0.1, 0.15) is 43.0 Å². The van der Waals surface area contributed by atoms with Gasteiger partial charge in [0.1, 0.15) is 17.5 Å². The van der Waals surface area contributed by atoms with Crippen LogP contribution in [0.15, 0.2) is 42.5 Å². The number of hydrogen-bond acceptors (Lipinski definition) is 3. The third-order valence-corrected chi connectivity index (χ3v) is 5.68. The van der Waals surface area contributed by atoms with E-state index in [0.717, 1.165) is 42.0 Å². The van der Waals surface area contributed by atoms with Crippen LogP contribution < -0.4 is 19.7 Å². The zero-order valence-corrected chi connectivity index (χ0v) is 17.4. The molecule has 1 saturated heterocycles. The highest BCUT2D eigenvalue weighted by atomic mass is 35.5. The van der Waals surface area contributed by atoms with E-state index in [-0.39, 0.29) is 18.0 Å². The number of rotatable bonds is 7. The smallest absolute Gasteiger partial charge is 0.275 e. The molecule has 0 aliphatic carbocycles. The van der Waals surface area contributed by atoms with Gasteiger partial charge in [-0.2, -0.15) is 0 Å². The Hall–Kier alpha value is -2.24. The number of likely N-dealkylation sites (tertiary alicyclic amines) is 1. The maximum absolute atomic E-state index is 12.7. The number of halogens is 1. The molecule has 3 rings (SSSR count). The average molecular weight is 404 g/mol. The highest BCUT2D eigenvalue weighted by Gasteiger charge is 2.34. The molecule has 1 heterocycles. The third-order valence-electron chi connectivity index (χ3n) is 5.43. The Labute approximate surface area is 171 Å². The molecule has 28 heavy (non-hydrogen) atoms. The van der Waals surface area contributed by atoms with Crippen molar-refractivity contribution in [1.29, 1.82) is 0 Å². The van der Waals surface area contributed by atoms with Gasteiger partial charge >= 0.3 is 0 Å². The molecule has 0 saturated carbocycles. The molecule has 1 fully saturated rings. The summed E-state index contributed by atoms with van der Waals surface area (Å²) in [5.41, 5.74) is 2.15. The standard InChI is InChI=1S/C22H27ClN2O3/c1-15(16-6-8-17(23)9-7-16)24-22(26)14-25-12-4-5-20(25)19-13-18(27-2)10-11-21(19)28-3/h6-11,13,15,20H,4-5,12,14H2,1-3H3,(H,24,26)/p+1/t15-,20+/m0/s1.